The quantitative estimate of drug-likeness (QED) is 0.764. The van der Waals surface area contributed by atoms with Crippen LogP contribution in [0, 0.1) is 0 Å². The van der Waals surface area contributed by atoms with Crippen LogP contribution in [-0.4, -0.2) is 18.5 Å². The molecule has 0 saturated carbocycles. The van der Waals surface area contributed by atoms with Crippen molar-refractivity contribution in [1.82, 2.24) is 0 Å². The van der Waals surface area contributed by atoms with Crippen molar-refractivity contribution in [3.63, 3.8) is 0 Å². The van der Waals surface area contributed by atoms with E-state index in [1.807, 2.05) is 58.0 Å². The number of carbonyl (C=O) groups excluding carboxylic acids is 1. The van der Waals surface area contributed by atoms with Gasteiger partial charge in [-0.05, 0) is 39.1 Å². The highest BCUT2D eigenvalue weighted by molar-refractivity contribution is 5.97. The fourth-order valence-electron chi connectivity index (χ4n) is 2.11. The molecular weight excluding hydrogens is 252 g/mol. The van der Waals surface area contributed by atoms with Crippen LogP contribution >= 0.6 is 0 Å². The van der Waals surface area contributed by atoms with Crippen LogP contribution in [0.1, 0.15) is 38.1 Å². The Morgan fingerprint density at radius 3 is 2.15 bits per heavy atom. The summed E-state index contributed by atoms with van der Waals surface area (Å²) in [4.78, 5) is 11.4. The van der Waals surface area contributed by atoms with Crippen LogP contribution in [-0.2, 0) is 0 Å². The lowest BCUT2D eigenvalue weighted by Gasteiger charge is -2.20. The zero-order chi connectivity index (χ0) is 14.7. The Hall–Kier alpha value is -2.03. The minimum atomic E-state index is -0.0237. The van der Waals surface area contributed by atoms with Gasteiger partial charge in [0, 0.05) is 5.39 Å². The zero-order valence-corrected chi connectivity index (χ0v) is 12.3. The molecule has 0 aromatic heterocycles. The van der Waals surface area contributed by atoms with E-state index in [0.29, 0.717) is 17.1 Å². The number of carbonyl (C=O) groups is 1. The lowest BCUT2D eigenvalue weighted by molar-refractivity contribution is 0.111. The van der Waals surface area contributed by atoms with E-state index < -0.39 is 0 Å². The van der Waals surface area contributed by atoms with Crippen molar-refractivity contribution >= 4 is 17.1 Å². The molecule has 2 aromatic carbocycles. The molecule has 0 spiro atoms. The van der Waals surface area contributed by atoms with Crippen LogP contribution in [0.2, 0.25) is 0 Å². The molecule has 20 heavy (non-hydrogen) atoms. The maximum absolute atomic E-state index is 11.4. The second-order valence-electron chi connectivity index (χ2n) is 5.30. The van der Waals surface area contributed by atoms with Crippen molar-refractivity contribution in [2.45, 2.75) is 39.9 Å². The number of rotatable bonds is 5. The summed E-state index contributed by atoms with van der Waals surface area (Å²) < 4.78 is 11.7. The monoisotopic (exact) mass is 272 g/mol. The van der Waals surface area contributed by atoms with E-state index in [9.17, 15) is 4.79 Å². The summed E-state index contributed by atoms with van der Waals surface area (Å²) in [5, 5.41) is 1.93. The van der Waals surface area contributed by atoms with Crippen LogP contribution < -0.4 is 9.47 Å². The van der Waals surface area contributed by atoms with Crippen LogP contribution in [0.4, 0.5) is 0 Å². The predicted octanol–water partition coefficient (Wildman–Crippen LogP) is 4.23. The molecule has 0 saturated heterocycles. The van der Waals surface area contributed by atoms with Crippen LogP contribution in [0.5, 0.6) is 11.5 Å². The van der Waals surface area contributed by atoms with Gasteiger partial charge in [-0.3, -0.25) is 4.79 Å². The molecule has 0 N–H and O–H groups in total. The van der Waals surface area contributed by atoms with Crippen molar-refractivity contribution in [3.05, 3.63) is 35.9 Å². The predicted molar refractivity (Wildman–Crippen MR) is 80.9 cm³/mol. The highest BCUT2D eigenvalue weighted by Gasteiger charge is 2.18. The first kappa shape index (κ1) is 14.4. The first-order valence-corrected chi connectivity index (χ1v) is 6.87. The highest BCUT2D eigenvalue weighted by Crippen LogP contribution is 2.39. The van der Waals surface area contributed by atoms with Crippen molar-refractivity contribution in [3.8, 4) is 11.5 Å². The zero-order valence-electron chi connectivity index (χ0n) is 12.3. The topological polar surface area (TPSA) is 35.5 Å². The summed E-state index contributed by atoms with van der Waals surface area (Å²) in [6, 6.07) is 9.69. The third-order valence-electron chi connectivity index (χ3n) is 2.82. The molecule has 0 radical (unpaired) electrons. The molecule has 0 aliphatic rings. The standard InChI is InChI=1S/C17H20O3/c1-11(2)19-16-14(10-18)9-13-7-5-6-8-15(13)17(16)20-12(3)4/h5-12H,1-4H3. The largest absolute Gasteiger partial charge is 0.486 e. The van der Waals surface area contributed by atoms with Gasteiger partial charge in [-0.1, -0.05) is 24.3 Å². The molecule has 0 fully saturated rings. The Labute approximate surface area is 119 Å². The summed E-state index contributed by atoms with van der Waals surface area (Å²) in [7, 11) is 0. The number of hydrogen-bond donors (Lipinski definition) is 0. The maximum atomic E-state index is 11.4. The Morgan fingerprint density at radius 2 is 1.55 bits per heavy atom. The summed E-state index contributed by atoms with van der Waals surface area (Å²) in [6.45, 7) is 7.79. The Balaban J connectivity index is 2.73. The molecule has 106 valence electrons. The second kappa shape index (κ2) is 5.95. The molecular formula is C17H20O3. The Morgan fingerprint density at radius 1 is 0.950 bits per heavy atom. The van der Waals surface area contributed by atoms with E-state index in [2.05, 4.69) is 0 Å². The Bertz CT molecular complexity index is 615. The normalized spacial score (nSPS) is 11.1. The van der Waals surface area contributed by atoms with E-state index in [-0.39, 0.29) is 12.2 Å². The van der Waals surface area contributed by atoms with Crippen LogP contribution in [0.15, 0.2) is 30.3 Å². The first-order chi connectivity index (χ1) is 9.52. The summed E-state index contributed by atoms with van der Waals surface area (Å²) >= 11 is 0. The summed E-state index contributed by atoms with van der Waals surface area (Å²) in [5.41, 5.74) is 0.521. The van der Waals surface area contributed by atoms with Crippen molar-refractivity contribution in [2.24, 2.45) is 0 Å². The Kier molecular flexibility index (Phi) is 4.28. The smallest absolute Gasteiger partial charge is 0.172 e. The lowest BCUT2D eigenvalue weighted by Crippen LogP contribution is -2.12. The summed E-state index contributed by atoms with van der Waals surface area (Å²) in [6.07, 6.45) is 0.802. The van der Waals surface area contributed by atoms with Crippen LogP contribution in [0.25, 0.3) is 10.8 Å². The maximum Gasteiger partial charge on any atom is 0.172 e. The fraction of sp³-hybridized carbons (Fsp3) is 0.353. The van der Waals surface area contributed by atoms with Crippen LogP contribution in [0.3, 0.4) is 0 Å². The molecule has 2 rings (SSSR count). The molecule has 0 unspecified atom stereocenters. The van der Waals surface area contributed by atoms with Gasteiger partial charge in [-0.15, -0.1) is 0 Å². The van der Waals surface area contributed by atoms with Crippen molar-refractivity contribution < 1.29 is 14.3 Å². The second-order valence-corrected chi connectivity index (χ2v) is 5.30. The van der Waals surface area contributed by atoms with E-state index >= 15 is 0 Å². The van der Waals surface area contributed by atoms with Gasteiger partial charge in [0.25, 0.3) is 0 Å². The van der Waals surface area contributed by atoms with E-state index in [4.69, 9.17) is 9.47 Å². The van der Waals surface area contributed by atoms with Gasteiger partial charge in [0.2, 0.25) is 0 Å². The molecule has 2 aromatic rings. The lowest BCUT2D eigenvalue weighted by atomic mass is 10.0. The summed E-state index contributed by atoms with van der Waals surface area (Å²) in [5.74, 6) is 1.18. The average Bonchev–Trinajstić information content (AvgIpc) is 2.40. The van der Waals surface area contributed by atoms with Gasteiger partial charge in [0.05, 0.1) is 17.8 Å². The van der Waals surface area contributed by atoms with E-state index in [1.54, 1.807) is 0 Å². The molecule has 0 bridgehead atoms. The van der Waals surface area contributed by atoms with Gasteiger partial charge in [0.1, 0.15) is 0 Å². The highest BCUT2D eigenvalue weighted by atomic mass is 16.5. The van der Waals surface area contributed by atoms with Gasteiger partial charge >= 0.3 is 0 Å². The number of benzene rings is 2. The molecule has 0 atom stereocenters. The van der Waals surface area contributed by atoms with E-state index in [1.165, 1.54) is 0 Å². The third kappa shape index (κ3) is 2.93. The van der Waals surface area contributed by atoms with Crippen molar-refractivity contribution in [2.75, 3.05) is 0 Å². The van der Waals surface area contributed by atoms with Gasteiger partial charge in [-0.2, -0.15) is 0 Å². The molecule has 3 heteroatoms. The molecule has 0 amide bonds. The minimum absolute atomic E-state index is 0.00909. The number of fused-ring (bicyclic) bond motifs is 1. The molecule has 3 nitrogen and oxygen atoms in total. The van der Waals surface area contributed by atoms with Gasteiger partial charge < -0.3 is 9.47 Å². The number of hydrogen-bond acceptors (Lipinski definition) is 3. The van der Waals surface area contributed by atoms with Gasteiger partial charge in [-0.25, -0.2) is 0 Å². The van der Waals surface area contributed by atoms with E-state index in [0.717, 1.165) is 17.1 Å². The first-order valence-electron chi connectivity index (χ1n) is 6.87. The van der Waals surface area contributed by atoms with Crippen molar-refractivity contribution in [1.29, 1.82) is 0 Å². The molecule has 0 aliphatic carbocycles. The number of ether oxygens (including phenoxy) is 2. The third-order valence-corrected chi connectivity index (χ3v) is 2.82. The minimum Gasteiger partial charge on any atom is -0.486 e. The average molecular weight is 272 g/mol. The number of aldehydes is 1. The SMILES string of the molecule is CC(C)Oc1c(C=O)cc2ccccc2c1OC(C)C. The fourth-order valence-corrected chi connectivity index (χ4v) is 2.11. The molecule has 0 heterocycles. The van der Waals surface area contributed by atoms with Gasteiger partial charge in [0.15, 0.2) is 17.8 Å². The molecule has 0 aliphatic heterocycles.